The van der Waals surface area contributed by atoms with Gasteiger partial charge in [-0.05, 0) is 44.6 Å². The predicted molar refractivity (Wildman–Crippen MR) is 134 cm³/mol. The molecule has 1 heterocycles. The SMILES string of the molecule is CCCCC(F)(F)C(=O)C=C[C@@H]1[C@@H](CCCCCCC(=O)OC)[C@@H](OC(C)=O)C[C@H]1OC1CCCCO1. The van der Waals surface area contributed by atoms with E-state index in [1.54, 1.807) is 13.0 Å². The number of methoxy groups -OCH3 is 1. The van der Waals surface area contributed by atoms with Crippen molar-refractivity contribution in [2.45, 2.75) is 122 Å². The highest BCUT2D eigenvalue weighted by molar-refractivity contribution is 5.95. The second-order valence-corrected chi connectivity index (χ2v) is 10.2. The van der Waals surface area contributed by atoms with Crippen LogP contribution in [0.1, 0.15) is 97.3 Å². The first-order chi connectivity index (χ1) is 17.7. The lowest BCUT2D eigenvalue weighted by Gasteiger charge is -2.29. The first-order valence-electron chi connectivity index (χ1n) is 13.8. The Labute approximate surface area is 219 Å². The summed E-state index contributed by atoms with van der Waals surface area (Å²) in [6.07, 6.45) is 9.05. The minimum atomic E-state index is -3.40. The Kier molecular flexibility index (Phi) is 13.7. The van der Waals surface area contributed by atoms with E-state index in [4.69, 9.17) is 14.2 Å². The summed E-state index contributed by atoms with van der Waals surface area (Å²) in [5.41, 5.74) is 0. The van der Waals surface area contributed by atoms with Crippen molar-refractivity contribution in [2.75, 3.05) is 13.7 Å². The van der Waals surface area contributed by atoms with E-state index < -0.39 is 42.6 Å². The molecule has 2 aliphatic rings. The van der Waals surface area contributed by atoms with Gasteiger partial charge in [0.05, 0.1) is 13.2 Å². The van der Waals surface area contributed by atoms with Crippen molar-refractivity contribution >= 4 is 17.7 Å². The van der Waals surface area contributed by atoms with Crippen LogP contribution >= 0.6 is 0 Å². The molecule has 0 aromatic carbocycles. The minimum Gasteiger partial charge on any atom is -0.469 e. The van der Waals surface area contributed by atoms with Crippen molar-refractivity contribution in [1.82, 2.24) is 0 Å². The summed E-state index contributed by atoms with van der Waals surface area (Å²) in [6, 6.07) is 0. The number of halogens is 2. The molecule has 1 aliphatic heterocycles. The van der Waals surface area contributed by atoms with E-state index in [1.807, 2.05) is 0 Å². The molecule has 0 spiro atoms. The van der Waals surface area contributed by atoms with Gasteiger partial charge < -0.3 is 18.9 Å². The molecule has 1 saturated heterocycles. The summed E-state index contributed by atoms with van der Waals surface area (Å²) >= 11 is 0. The maximum Gasteiger partial charge on any atom is 0.309 e. The number of rotatable bonds is 16. The third-order valence-electron chi connectivity index (χ3n) is 7.22. The van der Waals surface area contributed by atoms with Crippen LogP contribution in [0.4, 0.5) is 8.78 Å². The number of esters is 2. The molecule has 1 unspecified atom stereocenters. The molecule has 5 atom stereocenters. The van der Waals surface area contributed by atoms with E-state index in [2.05, 4.69) is 4.74 Å². The van der Waals surface area contributed by atoms with Gasteiger partial charge in [-0.2, -0.15) is 8.78 Å². The highest BCUT2D eigenvalue weighted by Crippen LogP contribution is 2.42. The van der Waals surface area contributed by atoms with E-state index in [-0.39, 0.29) is 24.2 Å². The molecule has 0 amide bonds. The standard InChI is InChI=1S/C28H44F2O7/c1-4-5-17-28(29,30)25(32)16-15-22-21(12-8-6-7-9-13-26(33)34-3)23(36-20(2)31)19-24(22)37-27-14-10-11-18-35-27/h15-16,21-24,27H,4-14,17-19H2,1-3H3/t21-,22-,23+,24-,27?/m1/s1. The molecule has 9 heteroatoms. The van der Waals surface area contributed by atoms with Crippen LogP contribution in [0.3, 0.4) is 0 Å². The van der Waals surface area contributed by atoms with Gasteiger partial charge in [0.25, 0.3) is 0 Å². The zero-order chi connectivity index (χ0) is 27.3. The van der Waals surface area contributed by atoms with Crippen LogP contribution in [0.25, 0.3) is 0 Å². The first kappa shape index (κ1) is 31.3. The van der Waals surface area contributed by atoms with Crippen LogP contribution < -0.4 is 0 Å². The number of allylic oxidation sites excluding steroid dienone is 1. The van der Waals surface area contributed by atoms with Gasteiger partial charge in [0, 0.05) is 44.6 Å². The quantitative estimate of drug-likeness (QED) is 0.139. The molecule has 1 aliphatic carbocycles. The molecule has 1 saturated carbocycles. The maximum absolute atomic E-state index is 14.3. The van der Waals surface area contributed by atoms with Gasteiger partial charge in [-0.3, -0.25) is 14.4 Å². The Balaban J connectivity index is 2.13. The number of unbranched alkanes of at least 4 members (excludes halogenated alkanes) is 4. The Morgan fingerprint density at radius 1 is 1.05 bits per heavy atom. The Morgan fingerprint density at radius 2 is 1.81 bits per heavy atom. The molecule has 0 aromatic rings. The van der Waals surface area contributed by atoms with Gasteiger partial charge >= 0.3 is 17.9 Å². The summed E-state index contributed by atoms with van der Waals surface area (Å²) in [4.78, 5) is 35.5. The number of carbonyl (C=O) groups excluding carboxylic acids is 3. The summed E-state index contributed by atoms with van der Waals surface area (Å²) in [7, 11) is 1.37. The fraction of sp³-hybridized carbons (Fsp3) is 0.821. The highest BCUT2D eigenvalue weighted by atomic mass is 19.3. The van der Waals surface area contributed by atoms with Gasteiger partial charge in [0.2, 0.25) is 5.78 Å². The van der Waals surface area contributed by atoms with Gasteiger partial charge in [-0.1, -0.05) is 38.7 Å². The number of ketones is 1. The number of carbonyl (C=O) groups is 3. The van der Waals surface area contributed by atoms with Crippen molar-refractivity contribution in [3.63, 3.8) is 0 Å². The van der Waals surface area contributed by atoms with Crippen molar-refractivity contribution in [3.8, 4) is 0 Å². The summed E-state index contributed by atoms with van der Waals surface area (Å²) in [6.45, 7) is 3.76. The molecule has 212 valence electrons. The van der Waals surface area contributed by atoms with Gasteiger partial charge in [0.15, 0.2) is 6.29 Å². The first-order valence-corrected chi connectivity index (χ1v) is 13.8. The molecular weight excluding hydrogens is 486 g/mol. The summed E-state index contributed by atoms with van der Waals surface area (Å²) < 4.78 is 51.0. The lowest BCUT2D eigenvalue weighted by molar-refractivity contribution is -0.193. The van der Waals surface area contributed by atoms with E-state index in [1.165, 1.54) is 14.0 Å². The monoisotopic (exact) mass is 530 g/mol. The number of hydrogen-bond donors (Lipinski definition) is 0. The van der Waals surface area contributed by atoms with Crippen molar-refractivity contribution < 1.29 is 42.1 Å². The Hall–Kier alpha value is -1.87. The zero-order valence-electron chi connectivity index (χ0n) is 22.6. The molecule has 37 heavy (non-hydrogen) atoms. The molecule has 2 fully saturated rings. The molecule has 7 nitrogen and oxygen atoms in total. The van der Waals surface area contributed by atoms with Crippen LogP contribution in [0.2, 0.25) is 0 Å². The molecular formula is C28H44F2O7. The molecule has 0 radical (unpaired) electrons. The van der Waals surface area contributed by atoms with E-state index in [9.17, 15) is 23.2 Å². The van der Waals surface area contributed by atoms with Crippen LogP contribution in [0, 0.1) is 11.8 Å². The molecule has 0 aromatic heterocycles. The van der Waals surface area contributed by atoms with Crippen molar-refractivity contribution in [2.24, 2.45) is 11.8 Å². The predicted octanol–water partition coefficient (Wildman–Crippen LogP) is 5.93. The lowest BCUT2D eigenvalue weighted by Crippen LogP contribution is -2.31. The highest BCUT2D eigenvalue weighted by Gasteiger charge is 2.46. The largest absolute Gasteiger partial charge is 0.469 e. The normalized spacial score (nSPS) is 26.4. The van der Waals surface area contributed by atoms with E-state index in [0.29, 0.717) is 32.3 Å². The number of alkyl halides is 2. The Bertz CT molecular complexity index is 749. The minimum absolute atomic E-state index is 0.175. The topological polar surface area (TPSA) is 88.1 Å². The second kappa shape index (κ2) is 16.2. The van der Waals surface area contributed by atoms with Gasteiger partial charge in [0.1, 0.15) is 6.10 Å². The van der Waals surface area contributed by atoms with Gasteiger partial charge in [-0.15, -0.1) is 0 Å². The average molecular weight is 531 g/mol. The third-order valence-corrected chi connectivity index (χ3v) is 7.22. The second-order valence-electron chi connectivity index (χ2n) is 10.2. The lowest BCUT2D eigenvalue weighted by atomic mass is 9.87. The molecule has 0 N–H and O–H groups in total. The number of ether oxygens (including phenoxy) is 4. The van der Waals surface area contributed by atoms with Crippen LogP contribution in [-0.2, 0) is 33.3 Å². The Morgan fingerprint density at radius 3 is 2.46 bits per heavy atom. The summed E-state index contributed by atoms with van der Waals surface area (Å²) in [5, 5.41) is 0. The molecule has 0 bridgehead atoms. The third kappa shape index (κ3) is 10.8. The summed E-state index contributed by atoms with van der Waals surface area (Å²) in [5.74, 6) is -5.79. The van der Waals surface area contributed by atoms with Crippen LogP contribution in [0.5, 0.6) is 0 Å². The zero-order valence-corrected chi connectivity index (χ0v) is 22.6. The smallest absolute Gasteiger partial charge is 0.309 e. The van der Waals surface area contributed by atoms with Crippen molar-refractivity contribution in [1.29, 1.82) is 0 Å². The van der Waals surface area contributed by atoms with Crippen molar-refractivity contribution in [3.05, 3.63) is 12.2 Å². The fourth-order valence-corrected chi connectivity index (χ4v) is 5.19. The maximum atomic E-state index is 14.3. The fourth-order valence-electron chi connectivity index (χ4n) is 5.19. The van der Waals surface area contributed by atoms with Gasteiger partial charge in [-0.25, -0.2) is 0 Å². The van der Waals surface area contributed by atoms with Crippen LogP contribution in [0.15, 0.2) is 12.2 Å². The number of hydrogen-bond acceptors (Lipinski definition) is 7. The average Bonchev–Trinajstić information content (AvgIpc) is 3.18. The molecule has 2 rings (SSSR count). The van der Waals surface area contributed by atoms with E-state index >= 15 is 0 Å². The van der Waals surface area contributed by atoms with E-state index in [0.717, 1.165) is 51.0 Å². The van der Waals surface area contributed by atoms with Crippen LogP contribution in [-0.4, -0.2) is 55.9 Å².